The lowest BCUT2D eigenvalue weighted by atomic mass is 10.2. The van der Waals surface area contributed by atoms with Crippen molar-refractivity contribution in [3.63, 3.8) is 0 Å². The first-order chi connectivity index (χ1) is 9.10. The summed E-state index contributed by atoms with van der Waals surface area (Å²) in [5.74, 6) is -0.547. The Balaban J connectivity index is 2.02. The maximum atomic E-state index is 11.7. The quantitative estimate of drug-likeness (QED) is 0.557. The number of carbonyl (C=O) groups excluding carboxylic acids is 1. The van der Waals surface area contributed by atoms with E-state index in [0.717, 1.165) is 0 Å². The smallest absolute Gasteiger partial charge is 0.338 e. The molecule has 0 radical (unpaired) electrons. The van der Waals surface area contributed by atoms with Crippen molar-refractivity contribution in [3.05, 3.63) is 34.2 Å². The van der Waals surface area contributed by atoms with Crippen molar-refractivity contribution in [1.82, 2.24) is 9.97 Å². The summed E-state index contributed by atoms with van der Waals surface area (Å²) in [6.45, 7) is -0.351. The summed E-state index contributed by atoms with van der Waals surface area (Å²) >= 11 is 0. The molecule has 19 heavy (non-hydrogen) atoms. The number of rotatable bonds is 5. The van der Waals surface area contributed by atoms with Crippen LogP contribution in [0.25, 0.3) is 11.0 Å². The maximum absolute atomic E-state index is 11.7. The Hall–Kier alpha value is -2.12. The molecule has 4 N–H and O–H groups in total. The molecule has 0 bridgehead atoms. The third kappa shape index (κ3) is 3.21. The minimum Gasteiger partial charge on any atom is -0.462 e. The molecule has 0 fully saturated rings. The van der Waals surface area contributed by atoms with E-state index in [4.69, 9.17) is 14.9 Å². The summed E-state index contributed by atoms with van der Waals surface area (Å²) in [4.78, 5) is 27.9. The van der Waals surface area contributed by atoms with Gasteiger partial charge in [-0.25, -0.2) is 9.59 Å². The summed E-state index contributed by atoms with van der Waals surface area (Å²) < 4.78 is 4.94. The first-order valence-corrected chi connectivity index (χ1v) is 5.78. The van der Waals surface area contributed by atoms with E-state index < -0.39 is 12.1 Å². The first kappa shape index (κ1) is 13.3. The number of esters is 1. The number of aromatic amines is 2. The van der Waals surface area contributed by atoms with Crippen LogP contribution in [0.1, 0.15) is 16.8 Å². The van der Waals surface area contributed by atoms with E-state index in [0.29, 0.717) is 16.6 Å². The monoisotopic (exact) mass is 266 g/mol. The van der Waals surface area contributed by atoms with E-state index in [2.05, 4.69) is 9.97 Å². The number of aliphatic hydroxyl groups is 2. The highest BCUT2D eigenvalue weighted by Gasteiger charge is 2.10. The number of hydrogen-bond donors (Lipinski definition) is 4. The number of imidazole rings is 1. The van der Waals surface area contributed by atoms with Crippen molar-refractivity contribution >= 4 is 17.0 Å². The lowest BCUT2D eigenvalue weighted by Crippen LogP contribution is -2.16. The number of aliphatic hydroxyl groups excluding tert-OH is 2. The van der Waals surface area contributed by atoms with Gasteiger partial charge in [0.25, 0.3) is 0 Å². The Labute approximate surface area is 107 Å². The highest BCUT2D eigenvalue weighted by Crippen LogP contribution is 2.11. The highest BCUT2D eigenvalue weighted by molar-refractivity contribution is 5.93. The summed E-state index contributed by atoms with van der Waals surface area (Å²) in [6.07, 6.45) is -0.720. The van der Waals surface area contributed by atoms with Crippen LogP contribution in [0.3, 0.4) is 0 Å². The third-order valence-electron chi connectivity index (χ3n) is 2.65. The molecule has 1 heterocycles. The van der Waals surface area contributed by atoms with Gasteiger partial charge in [-0.15, -0.1) is 0 Å². The maximum Gasteiger partial charge on any atom is 0.338 e. The number of fused-ring (bicyclic) bond motifs is 1. The molecule has 1 aromatic carbocycles. The van der Waals surface area contributed by atoms with Crippen LogP contribution in [0.5, 0.6) is 0 Å². The summed E-state index contributed by atoms with van der Waals surface area (Å²) in [7, 11) is 0. The second kappa shape index (κ2) is 5.68. The third-order valence-corrected chi connectivity index (χ3v) is 2.65. The molecule has 102 valence electrons. The molecule has 2 aromatic rings. The molecular formula is C12H14N2O5. The van der Waals surface area contributed by atoms with Crippen molar-refractivity contribution in [2.75, 3.05) is 13.2 Å². The molecule has 0 aliphatic heterocycles. The molecule has 0 saturated heterocycles. The fraction of sp³-hybridized carbons (Fsp3) is 0.333. The lowest BCUT2D eigenvalue weighted by molar-refractivity contribution is 0.0347. The van der Waals surface area contributed by atoms with Crippen LogP contribution >= 0.6 is 0 Å². The van der Waals surface area contributed by atoms with Gasteiger partial charge in [-0.05, 0) is 18.2 Å². The Morgan fingerprint density at radius 3 is 2.79 bits per heavy atom. The van der Waals surface area contributed by atoms with Crippen LogP contribution in [0.2, 0.25) is 0 Å². The predicted molar refractivity (Wildman–Crippen MR) is 66.9 cm³/mol. The number of hydrogen-bond acceptors (Lipinski definition) is 5. The Morgan fingerprint density at radius 2 is 2.05 bits per heavy atom. The number of nitrogens with one attached hydrogen (secondary N) is 2. The van der Waals surface area contributed by atoms with Crippen LogP contribution in [0.15, 0.2) is 23.0 Å². The molecule has 7 heteroatoms. The Bertz CT molecular complexity index is 630. The molecule has 1 atom stereocenters. The topological polar surface area (TPSA) is 115 Å². The van der Waals surface area contributed by atoms with Gasteiger partial charge in [0, 0.05) is 6.42 Å². The zero-order valence-corrected chi connectivity index (χ0v) is 10.0. The van der Waals surface area contributed by atoms with E-state index in [1.807, 2.05) is 0 Å². The molecule has 1 unspecified atom stereocenters. The zero-order chi connectivity index (χ0) is 13.8. The second-order valence-electron chi connectivity index (χ2n) is 4.10. The largest absolute Gasteiger partial charge is 0.462 e. The summed E-state index contributed by atoms with van der Waals surface area (Å²) in [5, 5.41) is 17.7. The SMILES string of the molecule is O=C(OCCC(O)CO)c1ccc2[nH]c(=O)[nH]c2c1. The Morgan fingerprint density at radius 1 is 1.32 bits per heavy atom. The van der Waals surface area contributed by atoms with Crippen LogP contribution < -0.4 is 5.69 Å². The first-order valence-electron chi connectivity index (χ1n) is 5.78. The zero-order valence-electron chi connectivity index (χ0n) is 10.0. The second-order valence-corrected chi connectivity index (χ2v) is 4.10. The average molecular weight is 266 g/mol. The molecule has 1 aromatic heterocycles. The normalized spacial score (nSPS) is 12.5. The Kier molecular flexibility index (Phi) is 3.98. The van der Waals surface area contributed by atoms with Gasteiger partial charge in [0.15, 0.2) is 0 Å². The minimum atomic E-state index is -0.892. The molecule has 0 saturated carbocycles. The summed E-state index contributed by atoms with van der Waals surface area (Å²) in [6, 6.07) is 4.65. The molecule has 0 aliphatic rings. The molecule has 0 aliphatic carbocycles. The van der Waals surface area contributed by atoms with Crippen molar-refractivity contribution in [2.45, 2.75) is 12.5 Å². The van der Waals surface area contributed by atoms with Crippen molar-refractivity contribution in [3.8, 4) is 0 Å². The van der Waals surface area contributed by atoms with Gasteiger partial charge in [-0.3, -0.25) is 0 Å². The number of aromatic nitrogens is 2. The van der Waals surface area contributed by atoms with Crippen molar-refractivity contribution < 1.29 is 19.7 Å². The van der Waals surface area contributed by atoms with Crippen LogP contribution in [0.4, 0.5) is 0 Å². The van der Waals surface area contributed by atoms with Crippen molar-refractivity contribution in [1.29, 1.82) is 0 Å². The van der Waals surface area contributed by atoms with E-state index >= 15 is 0 Å². The predicted octanol–water partition coefficient (Wildman–Crippen LogP) is -0.244. The molecule has 0 spiro atoms. The van der Waals surface area contributed by atoms with Gasteiger partial charge in [0.2, 0.25) is 0 Å². The lowest BCUT2D eigenvalue weighted by Gasteiger charge is -2.07. The molecular weight excluding hydrogens is 252 g/mol. The van der Waals surface area contributed by atoms with E-state index in [1.54, 1.807) is 6.07 Å². The molecule has 2 rings (SSSR count). The molecule has 7 nitrogen and oxygen atoms in total. The molecule has 0 amide bonds. The van der Waals surface area contributed by atoms with Gasteiger partial charge in [-0.1, -0.05) is 0 Å². The van der Waals surface area contributed by atoms with Gasteiger partial charge in [0.05, 0.1) is 35.9 Å². The average Bonchev–Trinajstić information content (AvgIpc) is 2.77. The number of ether oxygens (including phenoxy) is 1. The van der Waals surface area contributed by atoms with E-state index in [1.165, 1.54) is 12.1 Å². The number of carbonyl (C=O) groups is 1. The fourth-order valence-electron chi connectivity index (χ4n) is 1.62. The van der Waals surface area contributed by atoms with Crippen molar-refractivity contribution in [2.24, 2.45) is 0 Å². The standard InChI is InChI=1S/C12H14N2O5/c15-6-8(16)3-4-19-11(17)7-1-2-9-10(5-7)14-12(18)13-9/h1-2,5,8,15-16H,3-4,6H2,(H2,13,14,18). The number of benzene rings is 1. The van der Waals surface area contributed by atoms with E-state index in [9.17, 15) is 9.59 Å². The van der Waals surface area contributed by atoms with Gasteiger partial charge in [0.1, 0.15) is 0 Å². The van der Waals surface area contributed by atoms with E-state index in [-0.39, 0.29) is 25.3 Å². The number of H-pyrrole nitrogens is 2. The highest BCUT2D eigenvalue weighted by atomic mass is 16.5. The van der Waals surface area contributed by atoms with Gasteiger partial charge < -0.3 is 24.9 Å². The fourth-order valence-corrected chi connectivity index (χ4v) is 1.62. The van der Waals surface area contributed by atoms with Crippen LogP contribution in [-0.4, -0.2) is 45.5 Å². The van der Waals surface area contributed by atoms with Gasteiger partial charge >= 0.3 is 11.7 Å². The van der Waals surface area contributed by atoms with Gasteiger partial charge in [-0.2, -0.15) is 0 Å². The van der Waals surface area contributed by atoms with Crippen LogP contribution in [-0.2, 0) is 4.74 Å². The minimum absolute atomic E-state index is 0.0161. The summed E-state index contributed by atoms with van der Waals surface area (Å²) in [5.41, 5.74) is 1.10. The van der Waals surface area contributed by atoms with Crippen LogP contribution in [0, 0.1) is 0 Å².